The first-order valence-corrected chi connectivity index (χ1v) is 7.59. The van der Waals surface area contributed by atoms with Gasteiger partial charge in [0.25, 0.3) is 0 Å². The lowest BCUT2D eigenvalue weighted by atomic mass is 9.75. The van der Waals surface area contributed by atoms with Crippen molar-refractivity contribution in [2.45, 2.75) is 38.3 Å². The molecule has 0 unspecified atom stereocenters. The smallest absolute Gasteiger partial charge is 0.0728 e. The van der Waals surface area contributed by atoms with Gasteiger partial charge in [-0.15, -0.1) is 0 Å². The molecule has 1 aromatic heterocycles. The third kappa shape index (κ3) is 3.45. The number of nitrogens with one attached hydrogen (secondary N) is 1. The SMILES string of the molecule is COCCn1cc(NC2CC(c3ccc(C)cc3)C2)cn1. The van der Waals surface area contributed by atoms with Gasteiger partial charge in [-0.25, -0.2) is 0 Å². The predicted molar refractivity (Wildman–Crippen MR) is 84.7 cm³/mol. The highest BCUT2D eigenvalue weighted by Gasteiger charge is 2.30. The monoisotopic (exact) mass is 285 g/mol. The molecule has 21 heavy (non-hydrogen) atoms. The first-order valence-electron chi connectivity index (χ1n) is 7.59. The van der Waals surface area contributed by atoms with E-state index in [1.54, 1.807) is 7.11 Å². The van der Waals surface area contributed by atoms with Gasteiger partial charge in [-0.3, -0.25) is 4.68 Å². The molecule has 1 aliphatic carbocycles. The molecule has 1 aromatic carbocycles. The molecule has 4 heteroatoms. The molecule has 1 heterocycles. The van der Waals surface area contributed by atoms with Crippen LogP contribution in [0.25, 0.3) is 0 Å². The Morgan fingerprint density at radius 3 is 2.76 bits per heavy atom. The van der Waals surface area contributed by atoms with Crippen LogP contribution in [0.1, 0.15) is 29.9 Å². The number of aromatic nitrogens is 2. The zero-order chi connectivity index (χ0) is 14.7. The van der Waals surface area contributed by atoms with Crippen LogP contribution in [0.15, 0.2) is 36.7 Å². The van der Waals surface area contributed by atoms with Crippen molar-refractivity contribution in [3.05, 3.63) is 47.8 Å². The Balaban J connectivity index is 1.48. The van der Waals surface area contributed by atoms with E-state index in [1.807, 2.05) is 10.9 Å². The zero-order valence-electron chi connectivity index (χ0n) is 12.7. The lowest BCUT2D eigenvalue weighted by Crippen LogP contribution is -2.33. The molecule has 1 N–H and O–H groups in total. The van der Waals surface area contributed by atoms with Crippen LogP contribution in [0.2, 0.25) is 0 Å². The van der Waals surface area contributed by atoms with Crippen LogP contribution in [-0.4, -0.2) is 29.5 Å². The summed E-state index contributed by atoms with van der Waals surface area (Å²) in [5.41, 5.74) is 3.91. The van der Waals surface area contributed by atoms with E-state index < -0.39 is 0 Å². The van der Waals surface area contributed by atoms with Crippen molar-refractivity contribution in [3.8, 4) is 0 Å². The Morgan fingerprint density at radius 1 is 1.29 bits per heavy atom. The van der Waals surface area contributed by atoms with Crippen LogP contribution in [0.4, 0.5) is 5.69 Å². The molecule has 0 radical (unpaired) electrons. The normalized spacial score (nSPS) is 21.0. The van der Waals surface area contributed by atoms with Crippen LogP contribution >= 0.6 is 0 Å². The number of rotatable bonds is 6. The molecule has 0 atom stereocenters. The topological polar surface area (TPSA) is 39.1 Å². The summed E-state index contributed by atoms with van der Waals surface area (Å²) in [6.07, 6.45) is 6.35. The first kappa shape index (κ1) is 14.1. The van der Waals surface area contributed by atoms with E-state index in [0.717, 1.165) is 12.2 Å². The van der Waals surface area contributed by atoms with Crippen molar-refractivity contribution >= 4 is 5.69 Å². The van der Waals surface area contributed by atoms with Gasteiger partial charge in [-0.05, 0) is 31.2 Å². The van der Waals surface area contributed by atoms with Crippen molar-refractivity contribution in [1.29, 1.82) is 0 Å². The lowest BCUT2D eigenvalue weighted by Gasteiger charge is -2.36. The number of aryl methyl sites for hydroxylation is 1. The number of anilines is 1. The van der Waals surface area contributed by atoms with E-state index in [-0.39, 0.29) is 0 Å². The van der Waals surface area contributed by atoms with Crippen LogP contribution in [0.5, 0.6) is 0 Å². The number of ether oxygens (including phenoxy) is 1. The minimum atomic E-state index is 0.566. The number of hydrogen-bond donors (Lipinski definition) is 1. The van der Waals surface area contributed by atoms with Crippen LogP contribution in [-0.2, 0) is 11.3 Å². The molecule has 0 saturated heterocycles. The first-order chi connectivity index (χ1) is 10.2. The van der Waals surface area contributed by atoms with Gasteiger partial charge in [-0.1, -0.05) is 29.8 Å². The highest BCUT2D eigenvalue weighted by molar-refractivity contribution is 5.41. The summed E-state index contributed by atoms with van der Waals surface area (Å²) in [5.74, 6) is 0.701. The number of methoxy groups -OCH3 is 1. The molecule has 2 aromatic rings. The third-order valence-electron chi connectivity index (χ3n) is 4.22. The van der Waals surface area contributed by atoms with Gasteiger partial charge in [0.1, 0.15) is 0 Å². The Hall–Kier alpha value is -1.81. The summed E-state index contributed by atoms with van der Waals surface area (Å²) in [5, 5.41) is 7.89. The molecule has 1 aliphatic rings. The van der Waals surface area contributed by atoms with Gasteiger partial charge in [0.05, 0.1) is 25.0 Å². The highest BCUT2D eigenvalue weighted by atomic mass is 16.5. The molecular weight excluding hydrogens is 262 g/mol. The fourth-order valence-electron chi connectivity index (χ4n) is 2.83. The van der Waals surface area contributed by atoms with E-state index >= 15 is 0 Å². The highest BCUT2D eigenvalue weighted by Crippen LogP contribution is 2.38. The lowest BCUT2D eigenvalue weighted by molar-refractivity contribution is 0.183. The van der Waals surface area contributed by atoms with Crippen molar-refractivity contribution < 1.29 is 4.74 Å². The molecule has 3 rings (SSSR count). The van der Waals surface area contributed by atoms with E-state index in [4.69, 9.17) is 4.74 Å². The van der Waals surface area contributed by atoms with Gasteiger partial charge >= 0.3 is 0 Å². The van der Waals surface area contributed by atoms with Crippen LogP contribution in [0, 0.1) is 6.92 Å². The second-order valence-electron chi connectivity index (χ2n) is 5.91. The standard InChI is InChI=1S/C17H23N3O/c1-13-3-5-14(6-4-13)15-9-16(10-15)19-17-11-18-20(12-17)7-8-21-2/h3-6,11-12,15-16,19H,7-10H2,1-2H3. The van der Waals surface area contributed by atoms with E-state index in [9.17, 15) is 0 Å². The van der Waals surface area contributed by atoms with Gasteiger partial charge in [0.15, 0.2) is 0 Å². The minimum absolute atomic E-state index is 0.566. The van der Waals surface area contributed by atoms with Crippen molar-refractivity contribution in [3.63, 3.8) is 0 Å². The van der Waals surface area contributed by atoms with Crippen LogP contribution < -0.4 is 5.32 Å². The van der Waals surface area contributed by atoms with Gasteiger partial charge < -0.3 is 10.1 Å². The summed E-state index contributed by atoms with van der Waals surface area (Å²) in [6.45, 7) is 3.63. The number of nitrogens with zero attached hydrogens (tertiary/aromatic N) is 2. The fraction of sp³-hybridized carbons (Fsp3) is 0.471. The Kier molecular flexibility index (Phi) is 4.25. The molecule has 0 bridgehead atoms. The molecule has 0 aliphatic heterocycles. The van der Waals surface area contributed by atoms with Crippen molar-refractivity contribution in [1.82, 2.24) is 9.78 Å². The zero-order valence-corrected chi connectivity index (χ0v) is 12.7. The summed E-state index contributed by atoms with van der Waals surface area (Å²) >= 11 is 0. The summed E-state index contributed by atoms with van der Waals surface area (Å²) in [4.78, 5) is 0. The van der Waals surface area contributed by atoms with E-state index in [2.05, 4.69) is 47.8 Å². The fourth-order valence-corrected chi connectivity index (χ4v) is 2.83. The quantitative estimate of drug-likeness (QED) is 0.886. The van der Waals surface area contributed by atoms with Crippen molar-refractivity contribution in [2.24, 2.45) is 0 Å². The summed E-state index contributed by atoms with van der Waals surface area (Å²) in [6, 6.07) is 9.50. The van der Waals surface area contributed by atoms with Gasteiger partial charge in [-0.2, -0.15) is 5.10 Å². The van der Waals surface area contributed by atoms with Gasteiger partial charge in [0, 0.05) is 19.3 Å². The molecule has 1 fully saturated rings. The maximum Gasteiger partial charge on any atom is 0.0728 e. The maximum absolute atomic E-state index is 5.06. The van der Waals surface area contributed by atoms with E-state index in [0.29, 0.717) is 18.6 Å². The Morgan fingerprint density at radius 2 is 2.05 bits per heavy atom. The number of hydrogen-bond acceptors (Lipinski definition) is 3. The molecular formula is C17H23N3O. The maximum atomic E-state index is 5.06. The molecule has 0 amide bonds. The van der Waals surface area contributed by atoms with E-state index in [1.165, 1.54) is 24.0 Å². The molecule has 112 valence electrons. The van der Waals surface area contributed by atoms with Crippen LogP contribution in [0.3, 0.4) is 0 Å². The summed E-state index contributed by atoms with van der Waals surface area (Å²) in [7, 11) is 1.71. The Labute approximate surface area is 126 Å². The van der Waals surface area contributed by atoms with Gasteiger partial charge in [0.2, 0.25) is 0 Å². The molecule has 0 spiro atoms. The predicted octanol–water partition coefficient (Wildman–Crippen LogP) is 3.20. The minimum Gasteiger partial charge on any atom is -0.383 e. The average molecular weight is 285 g/mol. The molecule has 1 saturated carbocycles. The second-order valence-corrected chi connectivity index (χ2v) is 5.91. The third-order valence-corrected chi connectivity index (χ3v) is 4.22. The average Bonchev–Trinajstić information content (AvgIpc) is 2.89. The van der Waals surface area contributed by atoms with Crippen molar-refractivity contribution in [2.75, 3.05) is 19.0 Å². The summed E-state index contributed by atoms with van der Waals surface area (Å²) < 4.78 is 6.98. The molecule has 4 nitrogen and oxygen atoms in total. The largest absolute Gasteiger partial charge is 0.383 e. The second kappa shape index (κ2) is 6.31. The number of benzene rings is 1. The Bertz CT molecular complexity index is 570.